The molecule has 2 rings (SSSR count). The Morgan fingerprint density at radius 3 is 2.55 bits per heavy atom. The molecule has 0 aliphatic heterocycles. The van der Waals surface area contributed by atoms with Crippen LogP contribution in [0.1, 0.15) is 23.2 Å². The molecule has 2 aromatic rings. The van der Waals surface area contributed by atoms with Crippen molar-refractivity contribution < 1.29 is 4.79 Å². The van der Waals surface area contributed by atoms with E-state index in [1.54, 1.807) is 11.3 Å². The average molecular weight is 316 g/mol. The number of carbonyl (C=O) groups is 1. The first-order valence-electron chi connectivity index (χ1n) is 6.97. The van der Waals surface area contributed by atoms with Gasteiger partial charge in [-0.3, -0.25) is 4.79 Å². The molecule has 0 radical (unpaired) electrons. The van der Waals surface area contributed by atoms with Crippen molar-refractivity contribution in [2.24, 2.45) is 5.10 Å². The summed E-state index contributed by atoms with van der Waals surface area (Å²) in [5.41, 5.74) is 6.24. The maximum Gasteiger partial charge on any atom is 0.246 e. The van der Waals surface area contributed by atoms with E-state index in [4.69, 9.17) is 0 Å². The number of nitrogens with one attached hydrogen (secondary N) is 1. The van der Waals surface area contributed by atoms with Crippen molar-refractivity contribution in [1.82, 2.24) is 10.4 Å². The van der Waals surface area contributed by atoms with Crippen molar-refractivity contribution in [3.8, 4) is 0 Å². The highest BCUT2D eigenvalue weighted by atomic mass is 32.1. The van der Waals surface area contributed by atoms with E-state index < -0.39 is 0 Å². The minimum absolute atomic E-state index is 0.158. The lowest BCUT2D eigenvalue weighted by Crippen LogP contribution is -2.21. The fourth-order valence-corrected chi connectivity index (χ4v) is 2.52. The van der Waals surface area contributed by atoms with E-state index in [9.17, 15) is 4.79 Å². The maximum atomic E-state index is 11.8. The number of benzene rings is 1. The second-order valence-corrected chi connectivity index (χ2v) is 6.27. The number of hydrazone groups is 1. The molecule has 0 aliphatic rings. The molecule has 5 nitrogen and oxygen atoms in total. The van der Waals surface area contributed by atoms with Gasteiger partial charge in [0.1, 0.15) is 0 Å². The number of hydrogen-bond donors (Lipinski definition) is 1. The molecule has 0 saturated carbocycles. The third-order valence-corrected chi connectivity index (χ3v) is 3.98. The fraction of sp³-hybridized carbons (Fsp3) is 0.312. The molecule has 1 aromatic carbocycles. The lowest BCUT2D eigenvalue weighted by Gasteiger charge is -2.12. The molecule has 1 heterocycles. The van der Waals surface area contributed by atoms with Crippen LogP contribution in [0.4, 0.5) is 5.69 Å². The van der Waals surface area contributed by atoms with Crippen molar-refractivity contribution in [3.05, 3.63) is 45.9 Å². The monoisotopic (exact) mass is 316 g/mol. The third-order valence-electron chi connectivity index (χ3n) is 3.16. The molecular formula is C16H20N4OS. The molecule has 116 valence electrons. The molecule has 0 aliphatic carbocycles. The maximum absolute atomic E-state index is 11.8. The van der Waals surface area contributed by atoms with E-state index in [2.05, 4.69) is 15.5 Å². The van der Waals surface area contributed by atoms with Crippen LogP contribution in [0.15, 0.2) is 34.7 Å². The van der Waals surface area contributed by atoms with Gasteiger partial charge < -0.3 is 4.90 Å². The summed E-state index contributed by atoms with van der Waals surface area (Å²) in [5, 5.41) is 7.01. The Morgan fingerprint density at radius 2 is 2.00 bits per heavy atom. The van der Waals surface area contributed by atoms with Gasteiger partial charge in [-0.1, -0.05) is 12.1 Å². The molecule has 0 atom stereocenters. The van der Waals surface area contributed by atoms with Crippen LogP contribution in [-0.4, -0.2) is 30.7 Å². The summed E-state index contributed by atoms with van der Waals surface area (Å²) in [5.74, 6) is -0.158. The Balaban J connectivity index is 1.95. The second kappa shape index (κ2) is 7.17. The van der Waals surface area contributed by atoms with Crippen molar-refractivity contribution in [1.29, 1.82) is 0 Å². The van der Waals surface area contributed by atoms with Gasteiger partial charge >= 0.3 is 0 Å². The topological polar surface area (TPSA) is 57.6 Å². The van der Waals surface area contributed by atoms with E-state index in [1.165, 1.54) is 0 Å². The Kier molecular flexibility index (Phi) is 5.27. The summed E-state index contributed by atoms with van der Waals surface area (Å²) in [4.78, 5) is 18.1. The lowest BCUT2D eigenvalue weighted by atomic mass is 10.1. The summed E-state index contributed by atoms with van der Waals surface area (Å²) < 4.78 is 0. The highest BCUT2D eigenvalue weighted by molar-refractivity contribution is 7.09. The minimum Gasteiger partial charge on any atom is -0.378 e. The molecule has 0 unspecified atom stereocenters. The van der Waals surface area contributed by atoms with Crippen LogP contribution in [-0.2, 0) is 11.2 Å². The number of nitrogens with zero attached hydrogens (tertiary/aromatic N) is 3. The van der Waals surface area contributed by atoms with Gasteiger partial charge in [-0.25, -0.2) is 10.4 Å². The van der Waals surface area contributed by atoms with Crippen molar-refractivity contribution in [2.45, 2.75) is 20.3 Å². The average Bonchev–Trinajstić information content (AvgIpc) is 2.90. The molecule has 6 heteroatoms. The Hall–Kier alpha value is -2.21. The molecule has 0 bridgehead atoms. The molecular weight excluding hydrogens is 296 g/mol. The van der Waals surface area contributed by atoms with Crippen LogP contribution >= 0.6 is 11.3 Å². The smallest absolute Gasteiger partial charge is 0.246 e. The van der Waals surface area contributed by atoms with Crippen LogP contribution in [0.5, 0.6) is 0 Å². The molecule has 0 fully saturated rings. The summed E-state index contributed by atoms with van der Waals surface area (Å²) in [6.07, 6.45) is 0.251. The molecule has 0 saturated heterocycles. The van der Waals surface area contributed by atoms with Gasteiger partial charge in [-0.15, -0.1) is 11.3 Å². The van der Waals surface area contributed by atoms with Gasteiger partial charge in [-0.2, -0.15) is 5.10 Å². The lowest BCUT2D eigenvalue weighted by molar-refractivity contribution is -0.120. The zero-order chi connectivity index (χ0) is 16.1. The van der Waals surface area contributed by atoms with Gasteiger partial charge in [0.15, 0.2) is 0 Å². The highest BCUT2D eigenvalue weighted by Gasteiger charge is 2.06. The normalized spacial score (nSPS) is 11.4. The predicted molar refractivity (Wildman–Crippen MR) is 91.7 cm³/mol. The van der Waals surface area contributed by atoms with E-state index in [-0.39, 0.29) is 12.3 Å². The Labute approximate surface area is 134 Å². The van der Waals surface area contributed by atoms with Crippen LogP contribution in [0, 0.1) is 6.92 Å². The van der Waals surface area contributed by atoms with Gasteiger partial charge in [0, 0.05) is 25.2 Å². The number of anilines is 1. The van der Waals surface area contributed by atoms with Crippen molar-refractivity contribution in [3.63, 3.8) is 0 Å². The summed E-state index contributed by atoms with van der Waals surface area (Å²) in [6, 6.07) is 8.02. The molecule has 1 amide bonds. The number of amides is 1. The van der Waals surface area contributed by atoms with Crippen LogP contribution in [0.25, 0.3) is 0 Å². The molecule has 1 N–H and O–H groups in total. The number of aryl methyl sites for hydroxylation is 1. The van der Waals surface area contributed by atoms with E-state index >= 15 is 0 Å². The zero-order valence-electron chi connectivity index (χ0n) is 13.3. The van der Waals surface area contributed by atoms with E-state index in [0.29, 0.717) is 0 Å². The first kappa shape index (κ1) is 16.2. The quantitative estimate of drug-likeness (QED) is 0.681. The van der Waals surface area contributed by atoms with Crippen molar-refractivity contribution >= 4 is 28.6 Å². The molecule has 1 aromatic heterocycles. The van der Waals surface area contributed by atoms with Gasteiger partial charge in [0.05, 0.1) is 22.8 Å². The number of carbonyl (C=O) groups excluding carboxylic acids is 1. The van der Waals surface area contributed by atoms with Gasteiger partial charge in [0.25, 0.3) is 0 Å². The Morgan fingerprint density at radius 1 is 1.32 bits per heavy atom. The van der Waals surface area contributed by atoms with Gasteiger partial charge in [-0.05, 0) is 31.5 Å². The number of rotatable bonds is 5. The number of hydrogen-bond acceptors (Lipinski definition) is 5. The Bertz CT molecular complexity index is 674. The van der Waals surface area contributed by atoms with Crippen LogP contribution in [0.3, 0.4) is 0 Å². The van der Waals surface area contributed by atoms with Crippen LogP contribution in [0.2, 0.25) is 0 Å². The van der Waals surface area contributed by atoms with Crippen molar-refractivity contribution in [2.75, 3.05) is 19.0 Å². The standard InChI is InChI=1S/C16H20N4OS/c1-11(13-5-7-15(8-6-13)20(3)4)18-19-16(21)9-14-10-22-12(2)17-14/h5-8,10H,9H2,1-4H3,(H,19,21)/b18-11-. The van der Waals surface area contributed by atoms with E-state index in [0.717, 1.165) is 27.7 Å². The largest absolute Gasteiger partial charge is 0.378 e. The first-order chi connectivity index (χ1) is 10.5. The number of aromatic nitrogens is 1. The first-order valence-corrected chi connectivity index (χ1v) is 7.85. The predicted octanol–water partition coefficient (Wildman–Crippen LogP) is 2.60. The van der Waals surface area contributed by atoms with Crippen LogP contribution < -0.4 is 10.3 Å². The third kappa shape index (κ3) is 4.39. The molecule has 0 spiro atoms. The highest BCUT2D eigenvalue weighted by Crippen LogP contribution is 2.13. The van der Waals surface area contributed by atoms with Gasteiger partial charge in [0.2, 0.25) is 5.91 Å². The summed E-state index contributed by atoms with van der Waals surface area (Å²) in [7, 11) is 3.99. The SMILES string of the molecule is C/C(=N/NC(=O)Cc1csc(C)n1)c1ccc(N(C)C)cc1. The fourth-order valence-electron chi connectivity index (χ4n) is 1.90. The summed E-state index contributed by atoms with van der Waals surface area (Å²) >= 11 is 1.54. The molecule has 22 heavy (non-hydrogen) atoms. The number of thiazole rings is 1. The zero-order valence-corrected chi connectivity index (χ0v) is 14.1. The summed E-state index contributed by atoms with van der Waals surface area (Å²) in [6.45, 7) is 3.80. The van der Waals surface area contributed by atoms with E-state index in [1.807, 2.05) is 62.5 Å². The second-order valence-electron chi connectivity index (χ2n) is 5.21. The minimum atomic E-state index is -0.158.